The molecule has 0 saturated heterocycles. The van der Waals surface area contributed by atoms with Crippen LogP contribution in [0.25, 0.3) is 11.6 Å². The molecule has 33 heavy (non-hydrogen) atoms. The molecule has 0 unspecified atom stereocenters. The molecule has 3 heteroatoms. The first-order valence-electron chi connectivity index (χ1n) is 11.0. The monoisotopic (exact) mass is 433 g/mol. The topological polar surface area (TPSA) is 29.5 Å². The van der Waals surface area contributed by atoms with Gasteiger partial charge in [0, 0.05) is 18.7 Å². The van der Waals surface area contributed by atoms with Crippen molar-refractivity contribution in [3.63, 3.8) is 0 Å². The molecule has 0 aliphatic rings. The summed E-state index contributed by atoms with van der Waals surface area (Å²) in [5.41, 5.74) is 4.69. The molecule has 164 valence electrons. The minimum Gasteiger partial charge on any atom is -0.497 e. The third-order valence-electron chi connectivity index (χ3n) is 5.46. The van der Waals surface area contributed by atoms with Gasteiger partial charge in [-0.05, 0) is 40.5 Å². The van der Waals surface area contributed by atoms with Crippen LogP contribution in [-0.2, 0) is 17.9 Å². The molecule has 0 heterocycles. The fourth-order valence-electron chi connectivity index (χ4n) is 3.73. The van der Waals surface area contributed by atoms with Crippen molar-refractivity contribution in [3.05, 3.63) is 138 Å². The summed E-state index contributed by atoms with van der Waals surface area (Å²) in [4.78, 5) is 15.9. The number of ether oxygens (including phenoxy) is 1. The van der Waals surface area contributed by atoms with E-state index < -0.39 is 0 Å². The van der Waals surface area contributed by atoms with Gasteiger partial charge in [0.15, 0.2) is 0 Å². The van der Waals surface area contributed by atoms with Crippen LogP contribution in [0.15, 0.2) is 115 Å². The van der Waals surface area contributed by atoms with Crippen LogP contribution in [0.4, 0.5) is 0 Å². The van der Waals surface area contributed by atoms with Gasteiger partial charge in [0.25, 0.3) is 5.91 Å². The highest BCUT2D eigenvalue weighted by molar-refractivity contribution is 6.24. The zero-order valence-corrected chi connectivity index (χ0v) is 18.7. The zero-order chi connectivity index (χ0) is 22.9. The molecule has 4 rings (SSSR count). The maximum Gasteiger partial charge on any atom is 0.255 e. The number of carbonyl (C=O) groups is 1. The molecule has 0 aliphatic heterocycles. The minimum absolute atomic E-state index is 0.00951. The zero-order valence-electron chi connectivity index (χ0n) is 18.7. The van der Waals surface area contributed by atoms with Gasteiger partial charge in [-0.15, -0.1) is 0 Å². The van der Waals surface area contributed by atoms with E-state index in [9.17, 15) is 4.79 Å². The van der Waals surface area contributed by atoms with Crippen LogP contribution >= 0.6 is 0 Å². The first-order chi connectivity index (χ1) is 16.2. The molecule has 0 fully saturated rings. The number of hydrogen-bond donors (Lipinski definition) is 0. The van der Waals surface area contributed by atoms with Gasteiger partial charge in [0.05, 0.1) is 7.11 Å². The van der Waals surface area contributed by atoms with E-state index in [1.807, 2.05) is 102 Å². The third-order valence-corrected chi connectivity index (χ3v) is 5.46. The lowest BCUT2D eigenvalue weighted by molar-refractivity contribution is -0.126. The summed E-state index contributed by atoms with van der Waals surface area (Å²) >= 11 is 0. The number of nitrogens with zero attached hydrogens (tertiary/aromatic N) is 1. The highest BCUT2D eigenvalue weighted by Gasteiger charge is 2.20. The van der Waals surface area contributed by atoms with Crippen molar-refractivity contribution < 1.29 is 9.53 Å². The summed E-state index contributed by atoms with van der Waals surface area (Å²) in [6.45, 7) is 1.06. The molecule has 0 spiro atoms. The highest BCUT2D eigenvalue weighted by Crippen LogP contribution is 2.24. The van der Waals surface area contributed by atoms with E-state index in [2.05, 4.69) is 24.3 Å². The molecule has 0 radical (unpaired) electrons. The fraction of sp³-hybridized carbons (Fsp3) is 0.100. The summed E-state index contributed by atoms with van der Waals surface area (Å²) in [5, 5.41) is 0. The Bertz CT molecular complexity index is 1140. The van der Waals surface area contributed by atoms with E-state index in [0.29, 0.717) is 18.7 Å². The van der Waals surface area contributed by atoms with Gasteiger partial charge >= 0.3 is 0 Å². The van der Waals surface area contributed by atoms with Crippen molar-refractivity contribution in [2.45, 2.75) is 13.1 Å². The Kier molecular flexibility index (Phi) is 7.34. The Morgan fingerprint density at radius 3 is 1.67 bits per heavy atom. The molecule has 0 aliphatic carbocycles. The minimum atomic E-state index is -0.00951. The number of amides is 1. The Balaban J connectivity index is 1.73. The molecule has 4 aromatic rings. The van der Waals surface area contributed by atoms with Crippen molar-refractivity contribution in [3.8, 4) is 5.75 Å². The molecular formula is C30H27NO2. The van der Waals surface area contributed by atoms with Crippen LogP contribution in [0.5, 0.6) is 5.75 Å². The highest BCUT2D eigenvalue weighted by atomic mass is 16.5. The number of hydrogen-bond acceptors (Lipinski definition) is 2. The number of benzene rings is 4. The summed E-state index contributed by atoms with van der Waals surface area (Å²) < 4.78 is 5.28. The van der Waals surface area contributed by atoms with Gasteiger partial charge in [-0.3, -0.25) is 4.79 Å². The van der Waals surface area contributed by atoms with E-state index >= 15 is 0 Å². The van der Waals surface area contributed by atoms with Crippen LogP contribution in [0.2, 0.25) is 0 Å². The SMILES string of the molecule is COc1ccc(/C=C(\C(=O)N(Cc2ccccc2)Cc2ccccc2)c2ccccc2)cc1. The van der Waals surface area contributed by atoms with Gasteiger partial charge in [-0.2, -0.15) is 0 Å². The van der Waals surface area contributed by atoms with Gasteiger partial charge in [-0.25, -0.2) is 0 Å². The van der Waals surface area contributed by atoms with Crippen molar-refractivity contribution in [1.29, 1.82) is 0 Å². The molecule has 0 atom stereocenters. The lowest BCUT2D eigenvalue weighted by Gasteiger charge is -2.25. The van der Waals surface area contributed by atoms with Crippen molar-refractivity contribution in [1.82, 2.24) is 4.90 Å². The van der Waals surface area contributed by atoms with Crippen LogP contribution in [-0.4, -0.2) is 17.9 Å². The Morgan fingerprint density at radius 2 is 1.18 bits per heavy atom. The second-order valence-corrected chi connectivity index (χ2v) is 7.83. The summed E-state index contributed by atoms with van der Waals surface area (Å²) in [6.07, 6.45) is 1.96. The van der Waals surface area contributed by atoms with Gasteiger partial charge in [0.2, 0.25) is 0 Å². The standard InChI is InChI=1S/C30H27NO2/c1-33-28-19-17-24(18-20-28)21-29(27-15-9-4-10-16-27)30(32)31(22-25-11-5-2-6-12-25)23-26-13-7-3-8-14-26/h2-21H,22-23H2,1H3/b29-21-. The first-order valence-corrected chi connectivity index (χ1v) is 11.0. The third kappa shape index (κ3) is 5.98. The predicted molar refractivity (Wildman–Crippen MR) is 134 cm³/mol. The second-order valence-electron chi connectivity index (χ2n) is 7.83. The second kappa shape index (κ2) is 11.0. The average Bonchev–Trinajstić information content (AvgIpc) is 2.88. The molecular weight excluding hydrogens is 406 g/mol. The van der Waals surface area contributed by atoms with Crippen LogP contribution in [0.3, 0.4) is 0 Å². The Morgan fingerprint density at radius 1 is 0.697 bits per heavy atom. The van der Waals surface area contributed by atoms with E-state index in [4.69, 9.17) is 4.74 Å². The van der Waals surface area contributed by atoms with Gasteiger partial charge in [-0.1, -0.05) is 103 Å². The lowest BCUT2D eigenvalue weighted by atomic mass is 10.0. The quantitative estimate of drug-likeness (QED) is 0.236. The van der Waals surface area contributed by atoms with Gasteiger partial charge < -0.3 is 9.64 Å². The normalized spacial score (nSPS) is 11.1. The number of carbonyl (C=O) groups excluding carboxylic acids is 1. The van der Waals surface area contributed by atoms with Crippen LogP contribution < -0.4 is 4.74 Å². The van der Waals surface area contributed by atoms with Crippen molar-refractivity contribution in [2.24, 2.45) is 0 Å². The fourth-order valence-corrected chi connectivity index (χ4v) is 3.73. The molecule has 0 saturated carbocycles. The average molecular weight is 434 g/mol. The molecule has 4 aromatic carbocycles. The Hall–Kier alpha value is -4.11. The van der Waals surface area contributed by atoms with Crippen LogP contribution in [0.1, 0.15) is 22.3 Å². The number of methoxy groups -OCH3 is 1. The molecule has 1 amide bonds. The van der Waals surface area contributed by atoms with Crippen molar-refractivity contribution >= 4 is 17.6 Å². The molecule has 0 N–H and O–H groups in total. The summed E-state index contributed by atoms with van der Waals surface area (Å²) in [5.74, 6) is 0.777. The van der Waals surface area contributed by atoms with Crippen LogP contribution in [0, 0.1) is 0 Å². The van der Waals surface area contributed by atoms with E-state index in [1.54, 1.807) is 7.11 Å². The molecule has 0 bridgehead atoms. The molecule has 3 nitrogen and oxygen atoms in total. The number of rotatable bonds is 8. The van der Waals surface area contributed by atoms with Crippen molar-refractivity contribution in [2.75, 3.05) is 7.11 Å². The Labute approximate surface area is 195 Å². The lowest BCUT2D eigenvalue weighted by Crippen LogP contribution is -2.30. The largest absolute Gasteiger partial charge is 0.497 e. The predicted octanol–water partition coefficient (Wildman–Crippen LogP) is 6.46. The van der Waals surface area contributed by atoms with E-state index in [1.165, 1.54) is 0 Å². The smallest absolute Gasteiger partial charge is 0.255 e. The van der Waals surface area contributed by atoms with Gasteiger partial charge in [0.1, 0.15) is 5.75 Å². The summed E-state index contributed by atoms with van der Waals surface area (Å²) in [7, 11) is 1.65. The maximum absolute atomic E-state index is 14.0. The summed E-state index contributed by atoms with van der Waals surface area (Å²) in [6, 6.07) is 37.8. The maximum atomic E-state index is 14.0. The molecule has 0 aromatic heterocycles. The van der Waals surface area contributed by atoms with E-state index in [-0.39, 0.29) is 5.91 Å². The van der Waals surface area contributed by atoms with E-state index in [0.717, 1.165) is 28.0 Å². The first kappa shape index (κ1) is 22.1.